The molecule has 1 aliphatic rings. The summed E-state index contributed by atoms with van der Waals surface area (Å²) in [4.78, 5) is 0. The van der Waals surface area contributed by atoms with E-state index < -0.39 is 0 Å². The quantitative estimate of drug-likeness (QED) is 0.777. The maximum absolute atomic E-state index is 5.27. The van der Waals surface area contributed by atoms with Gasteiger partial charge in [0.05, 0.1) is 7.11 Å². The van der Waals surface area contributed by atoms with E-state index in [0.717, 1.165) is 25.4 Å². The summed E-state index contributed by atoms with van der Waals surface area (Å²) in [5.74, 6) is 1.51. The number of methoxy groups -OCH3 is 1. The minimum absolute atomic E-state index is 0.550. The third-order valence-electron chi connectivity index (χ3n) is 2.95. The van der Waals surface area contributed by atoms with Crippen LogP contribution in [0.4, 0.5) is 0 Å². The maximum atomic E-state index is 5.27. The second kappa shape index (κ2) is 4.64. The van der Waals surface area contributed by atoms with Crippen LogP contribution in [-0.4, -0.2) is 27.2 Å². The van der Waals surface area contributed by atoms with Gasteiger partial charge in [0.1, 0.15) is 5.75 Å². The molecule has 1 aliphatic heterocycles. The highest BCUT2D eigenvalue weighted by Crippen LogP contribution is 2.27. The van der Waals surface area contributed by atoms with Crippen LogP contribution in [0, 0.1) is 0 Å². The molecule has 0 saturated carbocycles. The molecule has 0 bridgehead atoms. The maximum Gasteiger partial charge on any atom is 0.119 e. The average molecular weight is 206 g/mol. The molecule has 0 spiro atoms. The number of hydrogen-bond acceptors (Lipinski definition) is 3. The van der Waals surface area contributed by atoms with Gasteiger partial charge in [0, 0.05) is 25.6 Å². The molecule has 0 radical (unpaired) electrons. The van der Waals surface area contributed by atoms with Crippen LogP contribution in [-0.2, 0) is 6.54 Å². The summed E-state index contributed by atoms with van der Waals surface area (Å²) in [6.45, 7) is 3.02. The number of benzene rings is 1. The first-order valence-corrected chi connectivity index (χ1v) is 5.37. The Labute approximate surface area is 90.8 Å². The summed E-state index contributed by atoms with van der Waals surface area (Å²) in [5, 5.41) is 6.67. The van der Waals surface area contributed by atoms with E-state index in [2.05, 4.69) is 22.8 Å². The number of hydrogen-bond donors (Lipinski definition) is 2. The smallest absolute Gasteiger partial charge is 0.119 e. The fraction of sp³-hybridized carbons (Fsp3) is 0.500. The van der Waals surface area contributed by atoms with E-state index in [1.807, 2.05) is 13.1 Å². The molecular weight excluding hydrogens is 188 g/mol. The van der Waals surface area contributed by atoms with Gasteiger partial charge in [0.15, 0.2) is 0 Å². The molecule has 1 aromatic rings. The molecule has 82 valence electrons. The molecule has 15 heavy (non-hydrogen) atoms. The highest BCUT2D eigenvalue weighted by Gasteiger charge is 2.19. The van der Waals surface area contributed by atoms with E-state index >= 15 is 0 Å². The molecule has 3 nitrogen and oxygen atoms in total. The molecule has 3 heteroatoms. The number of likely N-dealkylation sites (N-methyl/N-ethyl adjacent to an activating group) is 1. The Morgan fingerprint density at radius 3 is 3.13 bits per heavy atom. The van der Waals surface area contributed by atoms with Crippen LogP contribution < -0.4 is 15.4 Å². The molecule has 0 amide bonds. The number of nitrogens with one attached hydrogen (secondary N) is 2. The highest BCUT2D eigenvalue weighted by atomic mass is 16.5. The highest BCUT2D eigenvalue weighted by molar-refractivity contribution is 5.39. The van der Waals surface area contributed by atoms with Crippen LogP contribution in [0.5, 0.6) is 5.75 Å². The van der Waals surface area contributed by atoms with Gasteiger partial charge in [-0.25, -0.2) is 0 Å². The minimum atomic E-state index is 0.550. The fourth-order valence-electron chi connectivity index (χ4n) is 2.16. The van der Waals surface area contributed by atoms with Crippen molar-refractivity contribution in [3.63, 3.8) is 0 Å². The largest absolute Gasteiger partial charge is 0.497 e. The van der Waals surface area contributed by atoms with Crippen molar-refractivity contribution in [2.45, 2.75) is 12.5 Å². The normalized spacial score (nSPS) is 19.7. The van der Waals surface area contributed by atoms with Gasteiger partial charge in [-0.3, -0.25) is 0 Å². The van der Waals surface area contributed by atoms with Crippen molar-refractivity contribution in [2.24, 2.45) is 0 Å². The van der Waals surface area contributed by atoms with Gasteiger partial charge in [-0.05, 0) is 30.3 Å². The number of fused-ring (bicyclic) bond motifs is 1. The van der Waals surface area contributed by atoms with Crippen LogP contribution >= 0.6 is 0 Å². The van der Waals surface area contributed by atoms with Crippen LogP contribution in [0.15, 0.2) is 18.2 Å². The second-order valence-corrected chi connectivity index (χ2v) is 3.95. The van der Waals surface area contributed by atoms with Crippen molar-refractivity contribution in [3.8, 4) is 5.75 Å². The zero-order valence-corrected chi connectivity index (χ0v) is 9.34. The summed E-state index contributed by atoms with van der Waals surface area (Å²) in [6, 6.07) is 6.35. The van der Waals surface area contributed by atoms with Gasteiger partial charge >= 0.3 is 0 Å². The SMILES string of the molecule is CNCC1CNCc2ccc(OC)cc21. The summed E-state index contributed by atoms with van der Waals surface area (Å²) in [7, 11) is 3.71. The second-order valence-electron chi connectivity index (χ2n) is 3.95. The van der Waals surface area contributed by atoms with E-state index in [0.29, 0.717) is 5.92 Å². The zero-order valence-electron chi connectivity index (χ0n) is 9.34. The summed E-state index contributed by atoms with van der Waals surface area (Å²) >= 11 is 0. The molecule has 0 aromatic heterocycles. The van der Waals surface area contributed by atoms with Crippen LogP contribution in [0.3, 0.4) is 0 Å². The molecule has 0 aliphatic carbocycles. The summed E-state index contributed by atoms with van der Waals surface area (Å²) in [5.41, 5.74) is 2.81. The van der Waals surface area contributed by atoms with E-state index in [9.17, 15) is 0 Å². The monoisotopic (exact) mass is 206 g/mol. The van der Waals surface area contributed by atoms with Gasteiger partial charge in [-0.2, -0.15) is 0 Å². The van der Waals surface area contributed by atoms with Crippen molar-refractivity contribution in [2.75, 3.05) is 27.2 Å². The van der Waals surface area contributed by atoms with Crippen molar-refractivity contribution >= 4 is 0 Å². The predicted molar refractivity (Wildman–Crippen MR) is 61.4 cm³/mol. The Morgan fingerprint density at radius 2 is 2.40 bits per heavy atom. The molecular formula is C12H18N2O. The van der Waals surface area contributed by atoms with Gasteiger partial charge in [-0.15, -0.1) is 0 Å². The summed E-state index contributed by atoms with van der Waals surface area (Å²) < 4.78 is 5.27. The molecule has 2 rings (SSSR count). The topological polar surface area (TPSA) is 33.3 Å². The molecule has 1 atom stereocenters. The number of rotatable bonds is 3. The first-order valence-electron chi connectivity index (χ1n) is 5.37. The molecule has 0 fully saturated rings. The fourth-order valence-corrected chi connectivity index (χ4v) is 2.16. The first-order chi connectivity index (χ1) is 7.35. The standard InChI is InChI=1S/C12H18N2O/c1-13-6-10-8-14-7-9-3-4-11(15-2)5-12(9)10/h3-5,10,13-14H,6-8H2,1-2H3. The van der Waals surface area contributed by atoms with E-state index in [1.54, 1.807) is 7.11 Å². The third kappa shape index (κ3) is 2.13. The third-order valence-corrected chi connectivity index (χ3v) is 2.95. The lowest BCUT2D eigenvalue weighted by molar-refractivity contribution is 0.412. The molecule has 1 heterocycles. The van der Waals surface area contributed by atoms with Crippen LogP contribution in [0.1, 0.15) is 17.0 Å². The Balaban J connectivity index is 2.30. The molecule has 0 saturated heterocycles. The molecule has 1 unspecified atom stereocenters. The van der Waals surface area contributed by atoms with Crippen molar-refractivity contribution in [1.29, 1.82) is 0 Å². The predicted octanol–water partition coefficient (Wildman–Crippen LogP) is 1.10. The first kappa shape index (κ1) is 10.5. The van der Waals surface area contributed by atoms with Crippen LogP contribution in [0.2, 0.25) is 0 Å². The minimum Gasteiger partial charge on any atom is -0.497 e. The Hall–Kier alpha value is -1.06. The Kier molecular flexibility index (Phi) is 3.23. The summed E-state index contributed by atoms with van der Waals surface area (Å²) in [6.07, 6.45) is 0. The number of ether oxygens (including phenoxy) is 1. The van der Waals surface area contributed by atoms with Crippen molar-refractivity contribution < 1.29 is 4.74 Å². The lowest BCUT2D eigenvalue weighted by atomic mass is 9.90. The van der Waals surface area contributed by atoms with Gasteiger partial charge in [-0.1, -0.05) is 6.07 Å². The van der Waals surface area contributed by atoms with Crippen LogP contribution in [0.25, 0.3) is 0 Å². The Morgan fingerprint density at radius 1 is 1.53 bits per heavy atom. The Bertz CT molecular complexity index is 338. The van der Waals surface area contributed by atoms with E-state index in [4.69, 9.17) is 4.74 Å². The van der Waals surface area contributed by atoms with Gasteiger partial charge in [0.25, 0.3) is 0 Å². The van der Waals surface area contributed by atoms with Gasteiger partial charge < -0.3 is 15.4 Å². The lowest BCUT2D eigenvalue weighted by Crippen LogP contribution is -2.33. The van der Waals surface area contributed by atoms with Gasteiger partial charge in [0.2, 0.25) is 0 Å². The van der Waals surface area contributed by atoms with E-state index in [1.165, 1.54) is 11.1 Å². The lowest BCUT2D eigenvalue weighted by Gasteiger charge is -2.26. The van der Waals surface area contributed by atoms with Crippen molar-refractivity contribution in [3.05, 3.63) is 29.3 Å². The molecule has 2 N–H and O–H groups in total. The van der Waals surface area contributed by atoms with Crippen molar-refractivity contribution in [1.82, 2.24) is 10.6 Å². The zero-order chi connectivity index (χ0) is 10.7. The molecule has 1 aromatic carbocycles. The van der Waals surface area contributed by atoms with E-state index in [-0.39, 0.29) is 0 Å². The average Bonchev–Trinajstić information content (AvgIpc) is 2.29.